The number of aryl methyl sites for hydroxylation is 1. The van der Waals surface area contributed by atoms with E-state index in [0.29, 0.717) is 18.3 Å². The minimum atomic E-state index is 0.387. The largest absolute Gasteiger partial charge is 0.309 e. The number of anilines is 2. The molecule has 0 spiro atoms. The minimum Gasteiger partial charge on any atom is -0.309 e. The smallest absolute Gasteiger partial charge is 0.228 e. The molecule has 0 bridgehead atoms. The molecule has 9 heteroatoms. The van der Waals surface area contributed by atoms with Crippen molar-refractivity contribution < 1.29 is 0 Å². The van der Waals surface area contributed by atoms with Crippen LogP contribution < -0.4 is 5.32 Å². The maximum Gasteiger partial charge on any atom is 0.228 e. The molecule has 0 saturated heterocycles. The predicted octanol–water partition coefficient (Wildman–Crippen LogP) is 3.77. The summed E-state index contributed by atoms with van der Waals surface area (Å²) < 4.78 is 3.72. The van der Waals surface area contributed by atoms with Crippen LogP contribution in [0.4, 0.5) is 11.8 Å². The Morgan fingerprint density at radius 3 is 2.72 bits per heavy atom. The van der Waals surface area contributed by atoms with Gasteiger partial charge in [-0.3, -0.25) is 14.1 Å². The molecule has 0 aromatic carbocycles. The number of pyridine rings is 2. The molecule has 5 aromatic rings. The van der Waals surface area contributed by atoms with Gasteiger partial charge in [0.2, 0.25) is 5.95 Å². The number of nitrogens with zero attached hydrogens (tertiary/aromatic N) is 8. The van der Waals surface area contributed by atoms with Crippen molar-refractivity contribution in [2.24, 2.45) is 7.05 Å². The Labute approximate surface area is 185 Å². The topological polar surface area (TPSA) is 98.7 Å². The molecule has 0 radical (unpaired) electrons. The van der Waals surface area contributed by atoms with Gasteiger partial charge in [0, 0.05) is 42.5 Å². The first-order valence-corrected chi connectivity index (χ1v) is 10.4. The Kier molecular flexibility index (Phi) is 5.06. The Morgan fingerprint density at radius 1 is 1.00 bits per heavy atom. The average Bonchev–Trinajstić information content (AvgIpc) is 3.39. The lowest BCUT2D eigenvalue weighted by Gasteiger charge is -2.08. The third-order valence-electron chi connectivity index (χ3n) is 5.25. The molecule has 5 heterocycles. The van der Waals surface area contributed by atoms with Gasteiger partial charge in [0.1, 0.15) is 11.6 Å². The molecule has 0 unspecified atom stereocenters. The molecule has 5 rings (SSSR count). The summed E-state index contributed by atoms with van der Waals surface area (Å²) in [5, 5.41) is 16.1. The third kappa shape index (κ3) is 3.92. The van der Waals surface area contributed by atoms with Crippen LogP contribution in [-0.2, 0) is 13.5 Å². The van der Waals surface area contributed by atoms with Crippen LogP contribution in [0.3, 0.4) is 0 Å². The quantitative estimate of drug-likeness (QED) is 0.442. The van der Waals surface area contributed by atoms with E-state index < -0.39 is 0 Å². The maximum atomic E-state index is 4.75. The molecule has 160 valence electrons. The summed E-state index contributed by atoms with van der Waals surface area (Å²) >= 11 is 0. The normalized spacial score (nSPS) is 11.4. The van der Waals surface area contributed by atoms with E-state index in [4.69, 9.17) is 4.98 Å². The first-order valence-electron chi connectivity index (χ1n) is 10.4. The standard InChI is InChI=1S/C23H23N9/c1-15(2)18-6-4-5-17(26-18)14-22-30-29-21-13-16(9-12-32(21)22)19-7-10-24-23(27-19)28-20-8-11-25-31(20)3/h4-13,15H,14H2,1-3H3,(H,24,27,28). The van der Waals surface area contributed by atoms with Crippen molar-refractivity contribution in [3.05, 3.63) is 78.3 Å². The highest BCUT2D eigenvalue weighted by atomic mass is 15.3. The highest BCUT2D eigenvalue weighted by Gasteiger charge is 2.11. The van der Waals surface area contributed by atoms with Gasteiger partial charge in [0.25, 0.3) is 0 Å². The average molecular weight is 426 g/mol. The molecular formula is C23H23N9. The molecule has 1 N–H and O–H groups in total. The van der Waals surface area contributed by atoms with E-state index in [1.165, 1.54) is 0 Å². The molecular weight excluding hydrogens is 402 g/mol. The minimum absolute atomic E-state index is 0.387. The van der Waals surface area contributed by atoms with Crippen molar-refractivity contribution in [3.63, 3.8) is 0 Å². The van der Waals surface area contributed by atoms with Gasteiger partial charge in [-0.15, -0.1) is 10.2 Å². The van der Waals surface area contributed by atoms with Crippen molar-refractivity contribution in [1.82, 2.24) is 39.3 Å². The zero-order chi connectivity index (χ0) is 22.1. The van der Waals surface area contributed by atoms with Crippen molar-refractivity contribution in [2.45, 2.75) is 26.2 Å². The van der Waals surface area contributed by atoms with Gasteiger partial charge in [0.15, 0.2) is 5.65 Å². The molecule has 0 atom stereocenters. The molecule has 9 nitrogen and oxygen atoms in total. The van der Waals surface area contributed by atoms with Crippen LogP contribution in [0.1, 0.15) is 37.0 Å². The van der Waals surface area contributed by atoms with Gasteiger partial charge < -0.3 is 5.32 Å². The van der Waals surface area contributed by atoms with Gasteiger partial charge in [-0.05, 0) is 36.2 Å². The number of nitrogens with one attached hydrogen (secondary N) is 1. The fraction of sp³-hybridized carbons (Fsp3) is 0.217. The first-order chi connectivity index (χ1) is 15.6. The van der Waals surface area contributed by atoms with Crippen molar-refractivity contribution in [1.29, 1.82) is 0 Å². The second kappa shape index (κ2) is 8.18. The lowest BCUT2D eigenvalue weighted by atomic mass is 10.1. The molecule has 5 aromatic heterocycles. The van der Waals surface area contributed by atoms with Crippen LogP contribution in [0.25, 0.3) is 16.9 Å². The molecule has 0 saturated carbocycles. The van der Waals surface area contributed by atoms with Crippen molar-refractivity contribution in [2.75, 3.05) is 5.32 Å². The fourth-order valence-electron chi connectivity index (χ4n) is 3.49. The number of aromatic nitrogens is 8. The predicted molar refractivity (Wildman–Crippen MR) is 122 cm³/mol. The monoisotopic (exact) mass is 425 g/mol. The van der Waals surface area contributed by atoms with E-state index >= 15 is 0 Å². The molecule has 0 aliphatic rings. The lowest BCUT2D eigenvalue weighted by Crippen LogP contribution is -2.03. The van der Waals surface area contributed by atoms with Gasteiger partial charge >= 0.3 is 0 Å². The second-order valence-corrected chi connectivity index (χ2v) is 7.88. The number of hydrogen-bond acceptors (Lipinski definition) is 7. The van der Waals surface area contributed by atoms with Crippen LogP contribution in [0.15, 0.2) is 61.1 Å². The van der Waals surface area contributed by atoms with E-state index in [1.54, 1.807) is 17.1 Å². The van der Waals surface area contributed by atoms with Gasteiger partial charge in [-0.25, -0.2) is 9.97 Å². The number of fused-ring (bicyclic) bond motifs is 1. The Morgan fingerprint density at radius 2 is 1.91 bits per heavy atom. The summed E-state index contributed by atoms with van der Waals surface area (Å²) in [5.74, 6) is 2.55. The summed E-state index contributed by atoms with van der Waals surface area (Å²) in [7, 11) is 1.86. The van der Waals surface area contributed by atoms with E-state index in [-0.39, 0.29) is 0 Å². The summed E-state index contributed by atoms with van der Waals surface area (Å²) in [6.07, 6.45) is 6.04. The Hall–Kier alpha value is -4.14. The van der Waals surface area contributed by atoms with E-state index in [9.17, 15) is 0 Å². The summed E-state index contributed by atoms with van der Waals surface area (Å²) in [6.45, 7) is 4.29. The van der Waals surface area contributed by atoms with Crippen LogP contribution >= 0.6 is 0 Å². The van der Waals surface area contributed by atoms with E-state index in [1.807, 2.05) is 54.0 Å². The summed E-state index contributed by atoms with van der Waals surface area (Å²) in [6, 6.07) is 13.9. The van der Waals surface area contributed by atoms with Crippen LogP contribution in [0, 0.1) is 0 Å². The third-order valence-corrected chi connectivity index (χ3v) is 5.25. The van der Waals surface area contributed by atoms with Crippen molar-refractivity contribution in [3.8, 4) is 11.3 Å². The highest BCUT2D eigenvalue weighted by molar-refractivity contribution is 5.65. The Balaban J connectivity index is 1.41. The maximum absolute atomic E-state index is 4.75. The number of hydrogen-bond donors (Lipinski definition) is 1. The molecule has 0 aliphatic heterocycles. The summed E-state index contributed by atoms with van der Waals surface area (Å²) in [5.41, 5.74) is 4.56. The lowest BCUT2D eigenvalue weighted by molar-refractivity contribution is 0.775. The van der Waals surface area contributed by atoms with Crippen LogP contribution in [0.5, 0.6) is 0 Å². The first kappa shape index (κ1) is 19.8. The van der Waals surface area contributed by atoms with Crippen LogP contribution in [-0.4, -0.2) is 39.3 Å². The second-order valence-electron chi connectivity index (χ2n) is 7.88. The molecule has 0 fully saturated rings. The van der Waals surface area contributed by atoms with E-state index in [0.717, 1.165) is 39.9 Å². The van der Waals surface area contributed by atoms with Gasteiger partial charge in [0.05, 0.1) is 18.3 Å². The summed E-state index contributed by atoms with van der Waals surface area (Å²) in [4.78, 5) is 13.7. The fourth-order valence-corrected chi connectivity index (χ4v) is 3.49. The van der Waals surface area contributed by atoms with Crippen molar-refractivity contribution >= 4 is 17.4 Å². The zero-order valence-electron chi connectivity index (χ0n) is 18.1. The van der Waals surface area contributed by atoms with E-state index in [2.05, 4.69) is 50.5 Å². The Bertz CT molecular complexity index is 1380. The van der Waals surface area contributed by atoms with Gasteiger partial charge in [-0.2, -0.15) is 5.10 Å². The molecule has 32 heavy (non-hydrogen) atoms. The zero-order valence-corrected chi connectivity index (χ0v) is 18.1. The van der Waals surface area contributed by atoms with Gasteiger partial charge in [-0.1, -0.05) is 19.9 Å². The SMILES string of the molecule is CC(C)c1cccc(Cc2nnc3cc(-c4ccnc(Nc5ccnn5C)n4)ccn23)n1. The number of rotatable bonds is 6. The highest BCUT2D eigenvalue weighted by Crippen LogP contribution is 2.21. The molecule has 0 amide bonds. The molecule has 0 aliphatic carbocycles. The van der Waals surface area contributed by atoms with Crippen LogP contribution in [0.2, 0.25) is 0 Å².